The quantitative estimate of drug-likeness (QED) is 0.930. The van der Waals surface area contributed by atoms with Crippen molar-refractivity contribution >= 4 is 6.03 Å². The molecule has 1 saturated heterocycles. The van der Waals surface area contributed by atoms with Crippen molar-refractivity contribution in [2.24, 2.45) is 7.05 Å². The van der Waals surface area contributed by atoms with Crippen LogP contribution in [-0.4, -0.2) is 38.8 Å². The van der Waals surface area contributed by atoms with Crippen LogP contribution in [0.1, 0.15) is 48.7 Å². The Hall–Kier alpha value is -2.44. The van der Waals surface area contributed by atoms with Crippen LogP contribution in [0, 0.1) is 12.7 Å². The number of piperidine rings is 1. The van der Waals surface area contributed by atoms with E-state index in [0.717, 1.165) is 24.2 Å². The minimum atomic E-state index is -0.247. The summed E-state index contributed by atoms with van der Waals surface area (Å²) >= 11 is 0. The predicted molar refractivity (Wildman–Crippen MR) is 92.6 cm³/mol. The third kappa shape index (κ3) is 3.81. The lowest BCUT2D eigenvalue weighted by atomic mass is 9.96. The van der Waals surface area contributed by atoms with Gasteiger partial charge in [-0.2, -0.15) is 0 Å². The summed E-state index contributed by atoms with van der Waals surface area (Å²) in [4.78, 5) is 14.3. The van der Waals surface area contributed by atoms with Crippen molar-refractivity contribution in [3.63, 3.8) is 0 Å². The first kappa shape index (κ1) is 17.4. The molecular weight excluding hydrogens is 321 g/mol. The lowest BCUT2D eigenvalue weighted by Crippen LogP contribution is -2.45. The molecule has 1 N–H and O–H groups in total. The zero-order valence-corrected chi connectivity index (χ0v) is 14.9. The summed E-state index contributed by atoms with van der Waals surface area (Å²) in [5.74, 6) is 1.06. The van der Waals surface area contributed by atoms with E-state index < -0.39 is 0 Å². The summed E-state index contributed by atoms with van der Waals surface area (Å²) in [5.41, 5.74) is 1.37. The molecule has 1 aliphatic heterocycles. The van der Waals surface area contributed by atoms with Gasteiger partial charge in [0.1, 0.15) is 18.0 Å². The minimum absolute atomic E-state index is 0.107. The molecule has 0 spiro atoms. The second-order valence-electron chi connectivity index (χ2n) is 6.74. The number of benzene rings is 1. The second-order valence-corrected chi connectivity index (χ2v) is 6.74. The Kier molecular flexibility index (Phi) is 5.01. The smallest absolute Gasteiger partial charge is 0.317 e. The van der Waals surface area contributed by atoms with Gasteiger partial charge in [-0.05, 0) is 43.9 Å². The van der Waals surface area contributed by atoms with Gasteiger partial charge in [-0.1, -0.05) is 12.1 Å². The summed E-state index contributed by atoms with van der Waals surface area (Å²) in [6.45, 7) is 4.95. The van der Waals surface area contributed by atoms with Crippen LogP contribution in [0.5, 0.6) is 0 Å². The number of hydrogen-bond donors (Lipinski definition) is 1. The van der Waals surface area contributed by atoms with E-state index in [2.05, 4.69) is 15.5 Å². The van der Waals surface area contributed by atoms with E-state index in [1.54, 1.807) is 19.3 Å². The van der Waals surface area contributed by atoms with Gasteiger partial charge in [-0.25, -0.2) is 9.18 Å². The summed E-state index contributed by atoms with van der Waals surface area (Å²) in [7, 11) is 1.94. The van der Waals surface area contributed by atoms with Crippen molar-refractivity contribution in [3.8, 4) is 0 Å². The standard InChI is InChI=1S/C18H24FN5O/c1-12-4-5-15(10-16(12)19)13(2)21-18(25)24-8-6-14(7-9-24)17-22-20-11-23(17)3/h4-5,10-11,13-14H,6-9H2,1-3H3,(H,21,25)/t13-/m1/s1. The van der Waals surface area contributed by atoms with Gasteiger partial charge in [0.05, 0.1) is 6.04 Å². The number of nitrogens with one attached hydrogen (secondary N) is 1. The molecule has 2 heterocycles. The van der Waals surface area contributed by atoms with E-state index in [-0.39, 0.29) is 17.9 Å². The number of rotatable bonds is 3. The lowest BCUT2D eigenvalue weighted by molar-refractivity contribution is 0.177. The molecule has 134 valence electrons. The van der Waals surface area contributed by atoms with Crippen molar-refractivity contribution < 1.29 is 9.18 Å². The van der Waals surface area contributed by atoms with E-state index >= 15 is 0 Å². The number of urea groups is 1. The van der Waals surface area contributed by atoms with Crippen molar-refractivity contribution in [2.75, 3.05) is 13.1 Å². The number of carbonyl (C=O) groups is 1. The van der Waals surface area contributed by atoms with Gasteiger partial charge in [0.25, 0.3) is 0 Å². The van der Waals surface area contributed by atoms with Crippen LogP contribution in [0.15, 0.2) is 24.5 Å². The number of likely N-dealkylation sites (tertiary alicyclic amines) is 1. The molecule has 1 aromatic carbocycles. The molecule has 6 nitrogen and oxygen atoms in total. The molecule has 0 bridgehead atoms. The van der Waals surface area contributed by atoms with Crippen LogP contribution in [0.25, 0.3) is 0 Å². The third-order valence-electron chi connectivity index (χ3n) is 4.93. The highest BCUT2D eigenvalue weighted by atomic mass is 19.1. The van der Waals surface area contributed by atoms with E-state index in [4.69, 9.17) is 0 Å². The van der Waals surface area contributed by atoms with E-state index in [1.807, 2.05) is 29.5 Å². The van der Waals surface area contributed by atoms with Crippen molar-refractivity contribution in [1.29, 1.82) is 0 Å². The van der Waals surface area contributed by atoms with Crippen molar-refractivity contribution in [1.82, 2.24) is 25.0 Å². The molecule has 0 radical (unpaired) electrons. The fourth-order valence-corrected chi connectivity index (χ4v) is 3.24. The summed E-state index contributed by atoms with van der Waals surface area (Å²) in [5, 5.41) is 11.1. The zero-order chi connectivity index (χ0) is 18.0. The van der Waals surface area contributed by atoms with Crippen LogP contribution in [0.3, 0.4) is 0 Å². The second kappa shape index (κ2) is 7.21. The number of amides is 2. The van der Waals surface area contributed by atoms with E-state index in [1.165, 1.54) is 6.07 Å². The fourth-order valence-electron chi connectivity index (χ4n) is 3.24. The zero-order valence-electron chi connectivity index (χ0n) is 14.9. The topological polar surface area (TPSA) is 63.1 Å². The molecule has 1 atom stereocenters. The van der Waals surface area contributed by atoms with Gasteiger partial charge >= 0.3 is 6.03 Å². The van der Waals surface area contributed by atoms with Crippen molar-refractivity contribution in [2.45, 2.75) is 38.6 Å². The Bertz CT molecular complexity index is 752. The highest BCUT2D eigenvalue weighted by molar-refractivity contribution is 5.74. The SMILES string of the molecule is Cc1ccc([C@@H](C)NC(=O)N2CCC(c3nncn3C)CC2)cc1F. The first-order valence-corrected chi connectivity index (χ1v) is 8.61. The third-order valence-corrected chi connectivity index (χ3v) is 4.93. The molecule has 1 aromatic heterocycles. The Morgan fingerprint density at radius 1 is 1.36 bits per heavy atom. The minimum Gasteiger partial charge on any atom is -0.331 e. The first-order valence-electron chi connectivity index (χ1n) is 8.61. The monoisotopic (exact) mass is 345 g/mol. The van der Waals surface area contributed by atoms with Gasteiger partial charge in [-0.3, -0.25) is 0 Å². The predicted octanol–water partition coefficient (Wildman–Crippen LogP) is 2.91. The summed E-state index contributed by atoms with van der Waals surface area (Å²) in [6.07, 6.45) is 3.44. The number of carbonyl (C=O) groups excluding carboxylic acids is 1. The number of hydrogen-bond acceptors (Lipinski definition) is 3. The molecule has 1 aliphatic rings. The Balaban J connectivity index is 1.55. The molecule has 2 aromatic rings. The lowest BCUT2D eigenvalue weighted by Gasteiger charge is -2.32. The molecule has 0 aliphatic carbocycles. The average Bonchev–Trinajstić information content (AvgIpc) is 3.03. The molecule has 1 fully saturated rings. The Labute approximate surface area is 147 Å². The maximum Gasteiger partial charge on any atom is 0.317 e. The molecule has 0 unspecified atom stereocenters. The molecule has 25 heavy (non-hydrogen) atoms. The molecule has 2 amide bonds. The molecule has 3 rings (SSSR count). The summed E-state index contributed by atoms with van der Waals surface area (Å²) in [6, 6.07) is 4.73. The van der Waals surface area contributed by atoms with Crippen LogP contribution in [0.4, 0.5) is 9.18 Å². The molecule has 0 saturated carbocycles. The number of halogens is 1. The molecular formula is C18H24FN5O. The van der Waals surface area contributed by atoms with E-state index in [0.29, 0.717) is 24.6 Å². The number of aromatic nitrogens is 3. The summed E-state index contributed by atoms with van der Waals surface area (Å²) < 4.78 is 15.6. The van der Waals surface area contributed by atoms with Crippen molar-refractivity contribution in [3.05, 3.63) is 47.3 Å². The highest BCUT2D eigenvalue weighted by Gasteiger charge is 2.27. The number of nitrogens with zero attached hydrogens (tertiary/aromatic N) is 4. The average molecular weight is 345 g/mol. The largest absolute Gasteiger partial charge is 0.331 e. The normalized spacial score (nSPS) is 16.7. The van der Waals surface area contributed by atoms with Gasteiger partial charge in [-0.15, -0.1) is 10.2 Å². The number of aryl methyl sites for hydroxylation is 2. The van der Waals surface area contributed by atoms with Gasteiger partial charge < -0.3 is 14.8 Å². The Morgan fingerprint density at radius 3 is 2.68 bits per heavy atom. The van der Waals surface area contributed by atoms with Gasteiger partial charge in [0.2, 0.25) is 0 Å². The maximum atomic E-state index is 13.7. The maximum absolute atomic E-state index is 13.7. The van der Waals surface area contributed by atoms with Gasteiger partial charge in [0.15, 0.2) is 0 Å². The van der Waals surface area contributed by atoms with Gasteiger partial charge in [0, 0.05) is 26.1 Å². The first-order chi connectivity index (χ1) is 12.0. The van der Waals surface area contributed by atoms with Crippen LogP contribution >= 0.6 is 0 Å². The van der Waals surface area contributed by atoms with Crippen LogP contribution < -0.4 is 5.32 Å². The highest BCUT2D eigenvalue weighted by Crippen LogP contribution is 2.26. The van der Waals surface area contributed by atoms with Crippen LogP contribution in [-0.2, 0) is 7.05 Å². The van der Waals surface area contributed by atoms with E-state index in [9.17, 15) is 9.18 Å². The molecule has 7 heteroatoms. The fraction of sp³-hybridized carbons (Fsp3) is 0.500. The van der Waals surface area contributed by atoms with Crippen LogP contribution in [0.2, 0.25) is 0 Å². The Morgan fingerprint density at radius 2 is 2.08 bits per heavy atom.